The highest BCUT2D eigenvalue weighted by atomic mass is 19.3. The standard InChI is InChI=1S/C18H15F2N3O3/c1-10(21-18(25)26)16-22-13-9-5-8-12(15(19)20)14(13)17(24)23(16)11-6-3-2-4-7-11/h2-10,15,21H,1H3,(H,25,26). The molecular formula is C18H15F2N3O3. The number of nitrogens with one attached hydrogen (secondary N) is 1. The summed E-state index contributed by atoms with van der Waals surface area (Å²) in [6.07, 6.45) is -4.12. The van der Waals surface area contributed by atoms with Gasteiger partial charge in [0.2, 0.25) is 0 Å². The van der Waals surface area contributed by atoms with Crippen molar-refractivity contribution in [3.8, 4) is 5.69 Å². The summed E-state index contributed by atoms with van der Waals surface area (Å²) < 4.78 is 27.9. The van der Waals surface area contributed by atoms with Crippen LogP contribution in [-0.4, -0.2) is 20.8 Å². The topological polar surface area (TPSA) is 84.2 Å². The normalized spacial score (nSPS) is 12.3. The van der Waals surface area contributed by atoms with E-state index in [1.807, 2.05) is 0 Å². The smallest absolute Gasteiger partial charge is 0.405 e. The molecule has 8 heteroatoms. The van der Waals surface area contributed by atoms with Crippen LogP contribution in [0.1, 0.15) is 30.8 Å². The lowest BCUT2D eigenvalue weighted by atomic mass is 10.1. The fourth-order valence-electron chi connectivity index (χ4n) is 2.82. The molecular weight excluding hydrogens is 344 g/mol. The molecule has 26 heavy (non-hydrogen) atoms. The predicted molar refractivity (Wildman–Crippen MR) is 91.9 cm³/mol. The summed E-state index contributed by atoms with van der Waals surface area (Å²) in [5.74, 6) is 0.113. The first-order valence-electron chi connectivity index (χ1n) is 7.78. The van der Waals surface area contributed by atoms with Crippen LogP contribution in [0.3, 0.4) is 0 Å². The van der Waals surface area contributed by atoms with Crippen molar-refractivity contribution in [2.45, 2.75) is 19.4 Å². The summed E-state index contributed by atoms with van der Waals surface area (Å²) in [4.78, 5) is 28.4. The maximum atomic E-state index is 13.4. The van der Waals surface area contributed by atoms with Crippen LogP contribution in [0.4, 0.5) is 13.6 Å². The van der Waals surface area contributed by atoms with Crippen molar-refractivity contribution in [2.24, 2.45) is 0 Å². The summed E-state index contributed by atoms with van der Waals surface area (Å²) in [5, 5.41) is 11.0. The summed E-state index contributed by atoms with van der Waals surface area (Å²) >= 11 is 0. The molecule has 0 fully saturated rings. The number of fused-ring (bicyclic) bond motifs is 1. The molecule has 0 aliphatic heterocycles. The van der Waals surface area contributed by atoms with Crippen molar-refractivity contribution in [1.29, 1.82) is 0 Å². The van der Waals surface area contributed by atoms with E-state index in [4.69, 9.17) is 5.11 Å². The van der Waals surface area contributed by atoms with E-state index >= 15 is 0 Å². The van der Waals surface area contributed by atoms with E-state index in [0.29, 0.717) is 5.69 Å². The number of carboxylic acid groups (broad SMARTS) is 1. The molecule has 3 aromatic rings. The number of rotatable bonds is 4. The van der Waals surface area contributed by atoms with E-state index in [1.165, 1.54) is 25.1 Å². The molecule has 2 aromatic carbocycles. The predicted octanol–water partition coefficient (Wildman–Crippen LogP) is 3.65. The van der Waals surface area contributed by atoms with Crippen molar-refractivity contribution in [2.75, 3.05) is 0 Å². The Morgan fingerprint density at radius 2 is 1.85 bits per heavy atom. The molecule has 6 nitrogen and oxygen atoms in total. The van der Waals surface area contributed by atoms with Crippen LogP contribution in [0, 0.1) is 0 Å². The highest BCUT2D eigenvalue weighted by Crippen LogP contribution is 2.26. The minimum Gasteiger partial charge on any atom is -0.465 e. The molecule has 0 spiro atoms. The summed E-state index contributed by atoms with van der Waals surface area (Å²) in [5.41, 5.74) is -0.583. The van der Waals surface area contributed by atoms with Gasteiger partial charge in [-0.1, -0.05) is 30.3 Å². The Balaban J connectivity index is 2.39. The molecule has 1 unspecified atom stereocenters. The van der Waals surface area contributed by atoms with Gasteiger partial charge in [0.05, 0.1) is 22.6 Å². The highest BCUT2D eigenvalue weighted by Gasteiger charge is 2.22. The zero-order chi connectivity index (χ0) is 18.8. The molecule has 0 saturated carbocycles. The number of hydrogen-bond donors (Lipinski definition) is 2. The van der Waals surface area contributed by atoms with Crippen LogP contribution in [0.5, 0.6) is 0 Å². The number of carbonyl (C=O) groups is 1. The Morgan fingerprint density at radius 3 is 2.46 bits per heavy atom. The van der Waals surface area contributed by atoms with Gasteiger partial charge >= 0.3 is 6.09 Å². The minimum atomic E-state index is -2.84. The third-order valence-electron chi connectivity index (χ3n) is 3.93. The lowest BCUT2D eigenvalue weighted by Crippen LogP contribution is -2.32. The van der Waals surface area contributed by atoms with Crippen molar-refractivity contribution >= 4 is 17.0 Å². The van der Waals surface area contributed by atoms with Crippen molar-refractivity contribution < 1.29 is 18.7 Å². The van der Waals surface area contributed by atoms with Gasteiger partial charge in [0.25, 0.3) is 12.0 Å². The van der Waals surface area contributed by atoms with Gasteiger partial charge in [-0.05, 0) is 25.1 Å². The first-order chi connectivity index (χ1) is 12.4. The Bertz CT molecular complexity index is 1020. The Labute approximate surface area is 146 Å². The van der Waals surface area contributed by atoms with Gasteiger partial charge in [-0.25, -0.2) is 18.6 Å². The molecule has 1 aromatic heterocycles. The minimum absolute atomic E-state index is 0.0917. The molecule has 0 saturated heterocycles. The van der Waals surface area contributed by atoms with Crippen LogP contribution in [-0.2, 0) is 0 Å². The fourth-order valence-corrected chi connectivity index (χ4v) is 2.82. The van der Waals surface area contributed by atoms with Gasteiger partial charge in [-0.3, -0.25) is 9.36 Å². The maximum absolute atomic E-state index is 13.4. The van der Waals surface area contributed by atoms with Crippen LogP contribution in [0.25, 0.3) is 16.6 Å². The second-order valence-corrected chi connectivity index (χ2v) is 5.66. The summed E-state index contributed by atoms with van der Waals surface area (Å²) in [6.45, 7) is 1.53. The average molecular weight is 359 g/mol. The maximum Gasteiger partial charge on any atom is 0.405 e. The highest BCUT2D eigenvalue weighted by molar-refractivity contribution is 5.82. The largest absolute Gasteiger partial charge is 0.465 e. The number of nitrogens with zero attached hydrogens (tertiary/aromatic N) is 2. The molecule has 0 aliphatic carbocycles. The Kier molecular flexibility index (Phi) is 4.66. The van der Waals surface area contributed by atoms with Crippen LogP contribution < -0.4 is 10.9 Å². The van der Waals surface area contributed by atoms with E-state index < -0.39 is 29.7 Å². The number of para-hydroxylation sites is 1. The zero-order valence-electron chi connectivity index (χ0n) is 13.7. The molecule has 1 atom stereocenters. The molecule has 134 valence electrons. The van der Waals surface area contributed by atoms with Crippen LogP contribution >= 0.6 is 0 Å². The first-order valence-corrected chi connectivity index (χ1v) is 7.78. The van der Waals surface area contributed by atoms with Gasteiger partial charge in [0.1, 0.15) is 5.82 Å². The average Bonchev–Trinajstić information content (AvgIpc) is 2.61. The zero-order valence-corrected chi connectivity index (χ0v) is 13.7. The third-order valence-corrected chi connectivity index (χ3v) is 3.93. The number of halogens is 2. The van der Waals surface area contributed by atoms with Crippen LogP contribution in [0.15, 0.2) is 53.3 Å². The molecule has 2 N–H and O–H groups in total. The van der Waals surface area contributed by atoms with Crippen molar-refractivity contribution in [3.63, 3.8) is 0 Å². The number of benzene rings is 2. The van der Waals surface area contributed by atoms with Gasteiger partial charge in [0, 0.05) is 5.56 Å². The van der Waals surface area contributed by atoms with E-state index in [9.17, 15) is 18.4 Å². The van der Waals surface area contributed by atoms with E-state index in [2.05, 4.69) is 10.3 Å². The first kappa shape index (κ1) is 17.5. The van der Waals surface area contributed by atoms with Gasteiger partial charge < -0.3 is 10.4 Å². The van der Waals surface area contributed by atoms with Gasteiger partial charge in [-0.15, -0.1) is 0 Å². The van der Waals surface area contributed by atoms with Crippen molar-refractivity contribution in [3.05, 3.63) is 70.3 Å². The molecule has 3 rings (SSSR count). The summed E-state index contributed by atoms with van der Waals surface area (Å²) in [7, 11) is 0. The van der Waals surface area contributed by atoms with E-state index in [0.717, 1.165) is 4.57 Å². The molecule has 0 aliphatic rings. The van der Waals surface area contributed by atoms with Crippen LogP contribution in [0.2, 0.25) is 0 Å². The third kappa shape index (κ3) is 3.13. The molecule has 0 bridgehead atoms. The quantitative estimate of drug-likeness (QED) is 0.745. The molecule has 1 amide bonds. The second kappa shape index (κ2) is 6.91. The number of amides is 1. The number of aromatic nitrogens is 2. The molecule has 1 heterocycles. The lowest BCUT2D eigenvalue weighted by molar-refractivity contribution is 0.153. The monoisotopic (exact) mass is 359 g/mol. The van der Waals surface area contributed by atoms with Gasteiger partial charge in [-0.2, -0.15) is 0 Å². The lowest BCUT2D eigenvalue weighted by Gasteiger charge is -2.19. The van der Waals surface area contributed by atoms with Crippen molar-refractivity contribution in [1.82, 2.24) is 14.9 Å². The Morgan fingerprint density at radius 1 is 1.15 bits per heavy atom. The van der Waals surface area contributed by atoms with E-state index in [1.54, 1.807) is 30.3 Å². The fraction of sp³-hybridized carbons (Fsp3) is 0.167. The van der Waals surface area contributed by atoms with E-state index in [-0.39, 0.29) is 16.7 Å². The number of alkyl halides is 2. The second-order valence-electron chi connectivity index (χ2n) is 5.66. The summed E-state index contributed by atoms with van der Waals surface area (Å²) in [6, 6.07) is 11.6. The number of hydrogen-bond acceptors (Lipinski definition) is 3. The molecule has 0 radical (unpaired) electrons. The Hall–Kier alpha value is -3.29. The van der Waals surface area contributed by atoms with Gasteiger partial charge in [0.15, 0.2) is 0 Å². The SMILES string of the molecule is CC(NC(=O)O)c1nc2cccc(C(F)F)c2c(=O)n1-c1ccccc1.